The Bertz CT molecular complexity index is 945. The summed E-state index contributed by atoms with van der Waals surface area (Å²) in [5.74, 6) is 0.144. The molecule has 27 heavy (non-hydrogen) atoms. The Balaban J connectivity index is 2.13. The van der Waals surface area contributed by atoms with Gasteiger partial charge < -0.3 is 10.1 Å². The number of nitrogens with one attached hydrogen (secondary N) is 2. The molecule has 0 fully saturated rings. The minimum atomic E-state index is -3.86. The Morgan fingerprint density at radius 2 is 1.85 bits per heavy atom. The highest BCUT2D eigenvalue weighted by Gasteiger charge is 2.23. The predicted octanol–water partition coefficient (Wildman–Crippen LogP) is 3.66. The first-order chi connectivity index (χ1) is 12.6. The maximum absolute atomic E-state index is 12.6. The van der Waals surface area contributed by atoms with E-state index in [0.717, 1.165) is 5.56 Å². The third-order valence-electron chi connectivity index (χ3n) is 3.94. The van der Waals surface area contributed by atoms with Crippen LogP contribution in [0.25, 0.3) is 0 Å². The standard InChI is InChI=1S/C19H23ClN2O4S/c1-5-26-18-9-8-16(10-13(18)3)27(24,25)22-14(4)19(23)21-17-11-15(20)7-6-12(17)2/h6-11,14,22H,5H2,1-4H3,(H,21,23)/t14-/m1/s1. The fourth-order valence-electron chi connectivity index (χ4n) is 2.43. The zero-order valence-corrected chi connectivity index (χ0v) is 17.2. The van der Waals surface area contributed by atoms with Crippen molar-refractivity contribution in [2.75, 3.05) is 11.9 Å². The van der Waals surface area contributed by atoms with Crippen LogP contribution in [0.15, 0.2) is 41.3 Å². The van der Waals surface area contributed by atoms with E-state index in [0.29, 0.717) is 28.6 Å². The van der Waals surface area contributed by atoms with Crippen LogP contribution in [0.3, 0.4) is 0 Å². The van der Waals surface area contributed by atoms with E-state index in [2.05, 4.69) is 10.0 Å². The number of carbonyl (C=O) groups is 1. The Morgan fingerprint density at radius 3 is 2.48 bits per heavy atom. The molecule has 1 atom stereocenters. The van der Waals surface area contributed by atoms with Crippen LogP contribution in [-0.2, 0) is 14.8 Å². The van der Waals surface area contributed by atoms with Crippen LogP contribution in [0.2, 0.25) is 5.02 Å². The molecule has 0 aromatic heterocycles. The van der Waals surface area contributed by atoms with Crippen molar-refractivity contribution in [2.24, 2.45) is 0 Å². The summed E-state index contributed by atoms with van der Waals surface area (Å²) in [6, 6.07) is 8.70. The summed E-state index contributed by atoms with van der Waals surface area (Å²) in [5, 5.41) is 3.17. The normalized spacial score (nSPS) is 12.5. The number of anilines is 1. The van der Waals surface area contributed by atoms with Gasteiger partial charge in [0.05, 0.1) is 17.5 Å². The average Bonchev–Trinajstić information content (AvgIpc) is 2.59. The van der Waals surface area contributed by atoms with E-state index in [1.54, 1.807) is 31.2 Å². The number of rotatable bonds is 7. The van der Waals surface area contributed by atoms with Crippen molar-refractivity contribution in [3.8, 4) is 5.75 Å². The van der Waals surface area contributed by atoms with Crippen molar-refractivity contribution in [2.45, 2.75) is 38.6 Å². The first kappa shape index (κ1) is 21.2. The lowest BCUT2D eigenvalue weighted by molar-refractivity contribution is -0.117. The lowest BCUT2D eigenvalue weighted by Crippen LogP contribution is -2.41. The Kier molecular flexibility index (Phi) is 6.86. The number of halogens is 1. The van der Waals surface area contributed by atoms with Gasteiger partial charge in [-0.15, -0.1) is 0 Å². The number of hydrogen-bond acceptors (Lipinski definition) is 4. The summed E-state index contributed by atoms with van der Waals surface area (Å²) in [6.45, 7) is 7.42. The molecule has 6 nitrogen and oxygen atoms in total. The van der Waals surface area contributed by atoms with E-state index in [1.165, 1.54) is 19.1 Å². The summed E-state index contributed by atoms with van der Waals surface area (Å²) in [5.41, 5.74) is 2.06. The second-order valence-electron chi connectivity index (χ2n) is 6.15. The molecule has 0 bridgehead atoms. The van der Waals surface area contributed by atoms with Crippen LogP contribution >= 0.6 is 11.6 Å². The van der Waals surface area contributed by atoms with Crippen molar-refractivity contribution < 1.29 is 17.9 Å². The summed E-state index contributed by atoms with van der Waals surface area (Å²) in [7, 11) is -3.86. The molecule has 2 aromatic rings. The summed E-state index contributed by atoms with van der Waals surface area (Å²) in [6.07, 6.45) is 0. The van der Waals surface area contributed by atoms with Crippen molar-refractivity contribution in [1.82, 2.24) is 4.72 Å². The maximum Gasteiger partial charge on any atom is 0.242 e. The van der Waals surface area contributed by atoms with Gasteiger partial charge in [0.15, 0.2) is 0 Å². The van der Waals surface area contributed by atoms with Crippen LogP contribution in [0.5, 0.6) is 5.75 Å². The second kappa shape index (κ2) is 8.73. The van der Waals surface area contributed by atoms with E-state index < -0.39 is 22.0 Å². The smallest absolute Gasteiger partial charge is 0.242 e. The summed E-state index contributed by atoms with van der Waals surface area (Å²) in [4.78, 5) is 12.5. The molecular formula is C19H23ClN2O4S. The first-order valence-corrected chi connectivity index (χ1v) is 10.3. The fourth-order valence-corrected chi connectivity index (χ4v) is 3.89. The lowest BCUT2D eigenvalue weighted by atomic mass is 10.2. The monoisotopic (exact) mass is 410 g/mol. The van der Waals surface area contributed by atoms with Gasteiger partial charge in [0, 0.05) is 10.7 Å². The maximum atomic E-state index is 12.6. The van der Waals surface area contributed by atoms with Gasteiger partial charge in [-0.2, -0.15) is 4.72 Å². The zero-order chi connectivity index (χ0) is 20.2. The molecule has 0 saturated carbocycles. The van der Waals surface area contributed by atoms with E-state index in [4.69, 9.17) is 16.3 Å². The van der Waals surface area contributed by atoms with Gasteiger partial charge in [-0.1, -0.05) is 17.7 Å². The fraction of sp³-hybridized carbons (Fsp3) is 0.316. The van der Waals surface area contributed by atoms with Crippen LogP contribution in [-0.4, -0.2) is 27.0 Å². The van der Waals surface area contributed by atoms with Gasteiger partial charge in [0.1, 0.15) is 5.75 Å². The predicted molar refractivity (Wildman–Crippen MR) is 107 cm³/mol. The number of carbonyl (C=O) groups excluding carboxylic acids is 1. The molecule has 2 N–H and O–H groups in total. The third kappa shape index (κ3) is 5.45. The molecular weight excluding hydrogens is 388 g/mol. The van der Waals surface area contributed by atoms with Gasteiger partial charge in [0.25, 0.3) is 0 Å². The molecule has 8 heteroatoms. The highest BCUT2D eigenvalue weighted by atomic mass is 35.5. The van der Waals surface area contributed by atoms with Crippen molar-refractivity contribution in [3.63, 3.8) is 0 Å². The largest absolute Gasteiger partial charge is 0.494 e. The van der Waals surface area contributed by atoms with Gasteiger partial charge in [0.2, 0.25) is 15.9 Å². The molecule has 0 spiro atoms. The molecule has 2 rings (SSSR count). The second-order valence-corrected chi connectivity index (χ2v) is 8.30. The molecule has 1 amide bonds. The minimum absolute atomic E-state index is 0.0713. The van der Waals surface area contributed by atoms with Gasteiger partial charge >= 0.3 is 0 Å². The van der Waals surface area contributed by atoms with E-state index in [1.807, 2.05) is 13.8 Å². The highest BCUT2D eigenvalue weighted by Crippen LogP contribution is 2.23. The zero-order valence-electron chi connectivity index (χ0n) is 15.7. The molecule has 0 radical (unpaired) electrons. The molecule has 0 unspecified atom stereocenters. The molecule has 0 saturated heterocycles. The van der Waals surface area contributed by atoms with E-state index >= 15 is 0 Å². The van der Waals surface area contributed by atoms with Crippen LogP contribution in [0.1, 0.15) is 25.0 Å². The molecule has 0 heterocycles. The average molecular weight is 411 g/mol. The van der Waals surface area contributed by atoms with Crippen LogP contribution in [0, 0.1) is 13.8 Å². The molecule has 0 aliphatic carbocycles. The third-order valence-corrected chi connectivity index (χ3v) is 5.71. The highest BCUT2D eigenvalue weighted by molar-refractivity contribution is 7.89. The number of amides is 1. The molecule has 0 aliphatic heterocycles. The van der Waals surface area contributed by atoms with Crippen molar-refractivity contribution >= 4 is 33.2 Å². The number of ether oxygens (including phenoxy) is 1. The van der Waals surface area contributed by atoms with Crippen molar-refractivity contribution in [3.05, 3.63) is 52.5 Å². The Hall–Kier alpha value is -2.09. The quantitative estimate of drug-likeness (QED) is 0.729. The number of aryl methyl sites for hydroxylation is 2. The summed E-state index contributed by atoms with van der Waals surface area (Å²) >= 11 is 5.94. The SMILES string of the molecule is CCOc1ccc(S(=O)(=O)N[C@H](C)C(=O)Nc2cc(Cl)ccc2C)cc1C. The van der Waals surface area contributed by atoms with Gasteiger partial charge in [-0.25, -0.2) is 8.42 Å². The molecule has 0 aliphatic rings. The number of benzene rings is 2. The van der Waals surface area contributed by atoms with Crippen molar-refractivity contribution in [1.29, 1.82) is 0 Å². The van der Waals surface area contributed by atoms with Crippen LogP contribution < -0.4 is 14.8 Å². The van der Waals surface area contributed by atoms with Gasteiger partial charge in [-0.3, -0.25) is 4.79 Å². The summed E-state index contributed by atoms with van der Waals surface area (Å²) < 4.78 is 33.0. The van der Waals surface area contributed by atoms with E-state index in [9.17, 15) is 13.2 Å². The molecule has 2 aromatic carbocycles. The number of sulfonamides is 1. The van der Waals surface area contributed by atoms with Gasteiger partial charge in [-0.05, 0) is 69.2 Å². The Morgan fingerprint density at radius 1 is 1.15 bits per heavy atom. The van der Waals surface area contributed by atoms with Crippen LogP contribution in [0.4, 0.5) is 5.69 Å². The molecule has 146 valence electrons. The lowest BCUT2D eigenvalue weighted by Gasteiger charge is -2.16. The topological polar surface area (TPSA) is 84.5 Å². The minimum Gasteiger partial charge on any atom is -0.494 e. The number of hydrogen-bond donors (Lipinski definition) is 2. The van der Waals surface area contributed by atoms with E-state index in [-0.39, 0.29) is 4.90 Å². The first-order valence-electron chi connectivity index (χ1n) is 8.47. The Labute approximate surface area is 164 Å².